The van der Waals surface area contributed by atoms with Gasteiger partial charge in [0.1, 0.15) is 0 Å². The number of aromatic carboxylic acids is 1. The number of hydrogen-bond acceptors (Lipinski definition) is 2. The molecule has 0 bridgehead atoms. The second-order valence-electron chi connectivity index (χ2n) is 2.67. The van der Waals surface area contributed by atoms with Gasteiger partial charge in [-0.25, -0.2) is 4.79 Å². The van der Waals surface area contributed by atoms with Crippen molar-refractivity contribution in [3.63, 3.8) is 0 Å². The molecule has 0 radical (unpaired) electrons. The number of carbonyl (C=O) groups is 1. The average Bonchev–Trinajstić information content (AvgIpc) is 2.01. The van der Waals surface area contributed by atoms with Crippen LogP contribution in [0.5, 0.6) is 0 Å². The lowest BCUT2D eigenvalue weighted by Gasteiger charge is -2.09. The average molecular weight is 205 g/mol. The van der Waals surface area contributed by atoms with Crippen LogP contribution in [0.3, 0.4) is 0 Å². The first-order valence-electron chi connectivity index (χ1n) is 3.59. The minimum Gasteiger partial charge on any atom is -0.478 e. The number of alkyl halides is 3. The number of hydrogen-bond donors (Lipinski definition) is 1. The lowest BCUT2D eigenvalue weighted by molar-refractivity contribution is -0.138. The Balaban J connectivity index is 3.38. The Morgan fingerprint density at radius 3 is 2.50 bits per heavy atom. The highest BCUT2D eigenvalue weighted by Gasteiger charge is 2.35. The van der Waals surface area contributed by atoms with Crippen molar-refractivity contribution in [3.8, 4) is 0 Å². The SMILES string of the molecule is Cc1cc(C(F)(F)F)c(C(=O)O)cn1. The molecule has 1 aromatic heterocycles. The van der Waals surface area contributed by atoms with Crippen LogP contribution in [0.25, 0.3) is 0 Å². The van der Waals surface area contributed by atoms with Gasteiger partial charge in [0.15, 0.2) is 0 Å². The molecule has 6 heteroatoms. The number of aryl methyl sites for hydroxylation is 1. The lowest BCUT2D eigenvalue weighted by atomic mass is 10.1. The van der Waals surface area contributed by atoms with Crippen molar-refractivity contribution in [2.45, 2.75) is 13.1 Å². The molecule has 0 atom stereocenters. The zero-order chi connectivity index (χ0) is 10.9. The summed E-state index contributed by atoms with van der Waals surface area (Å²) in [6, 6.07) is 0.712. The minimum atomic E-state index is -4.67. The monoisotopic (exact) mass is 205 g/mol. The summed E-state index contributed by atoms with van der Waals surface area (Å²) in [5, 5.41) is 8.48. The predicted octanol–water partition coefficient (Wildman–Crippen LogP) is 2.11. The molecule has 0 aliphatic carbocycles. The van der Waals surface area contributed by atoms with Gasteiger partial charge in [0, 0.05) is 11.9 Å². The van der Waals surface area contributed by atoms with Crippen molar-refractivity contribution in [1.82, 2.24) is 4.98 Å². The normalized spacial score (nSPS) is 11.4. The second-order valence-corrected chi connectivity index (χ2v) is 2.67. The number of rotatable bonds is 1. The summed E-state index contributed by atoms with van der Waals surface area (Å²) >= 11 is 0. The Hall–Kier alpha value is -1.59. The Morgan fingerprint density at radius 2 is 2.07 bits per heavy atom. The van der Waals surface area contributed by atoms with Gasteiger partial charge >= 0.3 is 12.1 Å². The van der Waals surface area contributed by atoms with E-state index < -0.39 is 23.3 Å². The Labute approximate surface area is 77.2 Å². The zero-order valence-corrected chi connectivity index (χ0v) is 7.09. The van der Waals surface area contributed by atoms with Gasteiger partial charge in [-0.2, -0.15) is 13.2 Å². The van der Waals surface area contributed by atoms with E-state index in [2.05, 4.69) is 4.98 Å². The number of aromatic nitrogens is 1. The first kappa shape index (κ1) is 10.5. The van der Waals surface area contributed by atoms with Crippen molar-refractivity contribution in [2.24, 2.45) is 0 Å². The van der Waals surface area contributed by atoms with E-state index in [1.807, 2.05) is 0 Å². The molecule has 76 valence electrons. The van der Waals surface area contributed by atoms with E-state index >= 15 is 0 Å². The molecule has 0 saturated heterocycles. The molecular weight excluding hydrogens is 199 g/mol. The molecule has 3 nitrogen and oxygen atoms in total. The number of halogens is 3. The molecule has 0 aliphatic heterocycles. The van der Waals surface area contributed by atoms with Crippen LogP contribution in [-0.2, 0) is 6.18 Å². The molecule has 0 fully saturated rings. The van der Waals surface area contributed by atoms with E-state index in [0.717, 1.165) is 0 Å². The number of pyridine rings is 1. The number of carboxylic acids is 1. The molecular formula is C8H6F3NO2. The van der Waals surface area contributed by atoms with Gasteiger partial charge in [0.25, 0.3) is 0 Å². The van der Waals surface area contributed by atoms with E-state index in [1.54, 1.807) is 0 Å². The van der Waals surface area contributed by atoms with Gasteiger partial charge in [-0.1, -0.05) is 0 Å². The minimum absolute atomic E-state index is 0.127. The summed E-state index contributed by atoms with van der Waals surface area (Å²) < 4.78 is 36.9. The van der Waals surface area contributed by atoms with Crippen molar-refractivity contribution >= 4 is 5.97 Å². The molecule has 1 rings (SSSR count). The quantitative estimate of drug-likeness (QED) is 0.763. The van der Waals surface area contributed by atoms with E-state index in [0.29, 0.717) is 12.3 Å². The smallest absolute Gasteiger partial charge is 0.417 e. The van der Waals surface area contributed by atoms with Gasteiger partial charge in [-0.3, -0.25) is 4.98 Å². The molecule has 14 heavy (non-hydrogen) atoms. The Kier molecular flexibility index (Phi) is 2.46. The summed E-state index contributed by atoms with van der Waals surface area (Å²) in [6.07, 6.45) is -3.96. The fourth-order valence-electron chi connectivity index (χ4n) is 0.965. The van der Waals surface area contributed by atoms with Crippen molar-refractivity contribution in [1.29, 1.82) is 0 Å². The van der Waals surface area contributed by atoms with Crippen LogP contribution in [0.15, 0.2) is 12.3 Å². The summed E-state index contributed by atoms with van der Waals surface area (Å²) in [6.45, 7) is 1.36. The van der Waals surface area contributed by atoms with Crippen LogP contribution >= 0.6 is 0 Å². The third-order valence-corrected chi connectivity index (χ3v) is 1.58. The standard InChI is InChI=1S/C8H6F3NO2/c1-4-2-6(8(9,10)11)5(3-12-4)7(13)14/h2-3H,1H3,(H,13,14). The fraction of sp³-hybridized carbons (Fsp3) is 0.250. The summed E-state index contributed by atoms with van der Waals surface area (Å²) in [5.74, 6) is -1.63. The fourth-order valence-corrected chi connectivity index (χ4v) is 0.965. The maximum atomic E-state index is 12.3. The summed E-state index contributed by atoms with van der Waals surface area (Å²) in [4.78, 5) is 13.9. The maximum Gasteiger partial charge on any atom is 0.417 e. The van der Waals surface area contributed by atoms with Crippen LogP contribution in [0.1, 0.15) is 21.6 Å². The van der Waals surface area contributed by atoms with Crippen molar-refractivity contribution in [3.05, 3.63) is 29.1 Å². The van der Waals surface area contributed by atoms with Crippen molar-refractivity contribution < 1.29 is 23.1 Å². The van der Waals surface area contributed by atoms with E-state index in [1.165, 1.54) is 6.92 Å². The molecule has 1 aromatic rings. The molecule has 1 heterocycles. The lowest BCUT2D eigenvalue weighted by Crippen LogP contribution is -2.13. The topological polar surface area (TPSA) is 50.2 Å². The summed E-state index contributed by atoms with van der Waals surface area (Å²) in [7, 11) is 0. The Morgan fingerprint density at radius 1 is 1.50 bits per heavy atom. The first-order chi connectivity index (χ1) is 6.32. The molecule has 1 N–H and O–H groups in total. The third kappa shape index (κ3) is 2.01. The zero-order valence-electron chi connectivity index (χ0n) is 7.09. The van der Waals surface area contributed by atoms with E-state index in [-0.39, 0.29) is 5.69 Å². The van der Waals surface area contributed by atoms with Crippen molar-refractivity contribution in [2.75, 3.05) is 0 Å². The van der Waals surface area contributed by atoms with Gasteiger partial charge < -0.3 is 5.11 Å². The largest absolute Gasteiger partial charge is 0.478 e. The molecule has 0 spiro atoms. The van der Waals surface area contributed by atoms with Gasteiger partial charge in [0.2, 0.25) is 0 Å². The number of nitrogens with zero attached hydrogens (tertiary/aromatic N) is 1. The highest BCUT2D eigenvalue weighted by atomic mass is 19.4. The molecule has 0 amide bonds. The highest BCUT2D eigenvalue weighted by molar-refractivity contribution is 5.89. The van der Waals surface area contributed by atoms with E-state index in [4.69, 9.17) is 5.11 Å². The van der Waals surface area contributed by atoms with E-state index in [9.17, 15) is 18.0 Å². The maximum absolute atomic E-state index is 12.3. The first-order valence-corrected chi connectivity index (χ1v) is 3.59. The highest BCUT2D eigenvalue weighted by Crippen LogP contribution is 2.31. The Bertz CT molecular complexity index is 373. The molecule has 0 aromatic carbocycles. The second kappa shape index (κ2) is 3.28. The van der Waals surface area contributed by atoms with Crippen LogP contribution in [0, 0.1) is 6.92 Å². The van der Waals surface area contributed by atoms with Gasteiger partial charge in [0.05, 0.1) is 11.1 Å². The molecule has 0 unspecified atom stereocenters. The van der Waals surface area contributed by atoms with Crippen LogP contribution in [0.4, 0.5) is 13.2 Å². The predicted molar refractivity (Wildman–Crippen MR) is 40.9 cm³/mol. The van der Waals surface area contributed by atoms with Crippen LogP contribution < -0.4 is 0 Å². The molecule has 0 saturated carbocycles. The molecule has 0 aliphatic rings. The van der Waals surface area contributed by atoms with Crippen LogP contribution in [-0.4, -0.2) is 16.1 Å². The van der Waals surface area contributed by atoms with Gasteiger partial charge in [-0.15, -0.1) is 0 Å². The third-order valence-electron chi connectivity index (χ3n) is 1.58. The number of carboxylic acid groups (broad SMARTS) is 1. The summed E-state index contributed by atoms with van der Waals surface area (Å²) in [5.41, 5.74) is -1.87. The van der Waals surface area contributed by atoms with Crippen LogP contribution in [0.2, 0.25) is 0 Å². The van der Waals surface area contributed by atoms with Gasteiger partial charge in [-0.05, 0) is 13.0 Å².